The van der Waals surface area contributed by atoms with E-state index >= 15 is 0 Å². The van der Waals surface area contributed by atoms with E-state index in [1.807, 2.05) is 24.3 Å². The van der Waals surface area contributed by atoms with E-state index in [0.717, 1.165) is 18.7 Å². The topological polar surface area (TPSA) is 46.6 Å². The molecule has 1 heterocycles. The first-order chi connectivity index (χ1) is 12.7. The van der Waals surface area contributed by atoms with Crippen LogP contribution in [0.3, 0.4) is 0 Å². The Labute approximate surface area is 154 Å². The summed E-state index contributed by atoms with van der Waals surface area (Å²) in [5.74, 6) is -0.405. The molecule has 2 aromatic rings. The van der Waals surface area contributed by atoms with E-state index in [1.165, 1.54) is 32.1 Å². The molecular weight excluding hydrogens is 326 g/mol. The van der Waals surface area contributed by atoms with E-state index in [-0.39, 0.29) is 11.8 Å². The van der Waals surface area contributed by atoms with Crippen molar-refractivity contribution in [2.24, 2.45) is 0 Å². The van der Waals surface area contributed by atoms with Crippen LogP contribution < -0.4 is 4.90 Å². The van der Waals surface area contributed by atoms with Gasteiger partial charge in [0.1, 0.15) is 0 Å². The summed E-state index contributed by atoms with van der Waals surface area (Å²) in [6, 6.07) is 14.8. The molecule has 4 heteroatoms. The molecule has 0 unspecified atom stereocenters. The van der Waals surface area contributed by atoms with Crippen molar-refractivity contribution in [3.63, 3.8) is 0 Å². The average molecular weight is 349 g/mol. The van der Waals surface area contributed by atoms with E-state index in [9.17, 15) is 9.59 Å². The van der Waals surface area contributed by atoms with Gasteiger partial charge in [0.15, 0.2) is 5.78 Å². The van der Waals surface area contributed by atoms with E-state index < -0.39 is 0 Å². The molecule has 4 nitrogen and oxygen atoms in total. The minimum Gasteiger partial charge on any atom is -0.465 e. The highest BCUT2D eigenvalue weighted by atomic mass is 16.5. The van der Waals surface area contributed by atoms with Gasteiger partial charge in [-0.15, -0.1) is 0 Å². The fourth-order valence-corrected chi connectivity index (χ4v) is 3.10. The highest BCUT2D eigenvalue weighted by Gasteiger charge is 2.11. The van der Waals surface area contributed by atoms with E-state index in [1.54, 1.807) is 36.4 Å². The Hall–Kier alpha value is -2.88. The number of carbonyl (C=O) groups is 2. The first-order valence-corrected chi connectivity index (χ1v) is 8.93. The van der Waals surface area contributed by atoms with Gasteiger partial charge in [-0.25, -0.2) is 4.79 Å². The van der Waals surface area contributed by atoms with Crippen LogP contribution in [-0.2, 0) is 4.74 Å². The second kappa shape index (κ2) is 8.48. The van der Waals surface area contributed by atoms with Crippen molar-refractivity contribution in [3.05, 3.63) is 71.3 Å². The second-order valence-corrected chi connectivity index (χ2v) is 6.41. The molecule has 0 amide bonds. The fourth-order valence-electron chi connectivity index (χ4n) is 3.10. The number of carbonyl (C=O) groups excluding carboxylic acids is 2. The van der Waals surface area contributed by atoms with Gasteiger partial charge < -0.3 is 9.64 Å². The number of rotatable bonds is 5. The Balaban J connectivity index is 1.63. The Morgan fingerprint density at radius 3 is 2.12 bits per heavy atom. The lowest BCUT2D eigenvalue weighted by Crippen LogP contribution is -2.29. The molecular formula is C22H23NO3. The molecule has 1 saturated heterocycles. The minimum atomic E-state index is -0.370. The number of piperidine rings is 1. The van der Waals surface area contributed by atoms with Crippen molar-refractivity contribution < 1.29 is 14.3 Å². The van der Waals surface area contributed by atoms with Crippen LogP contribution in [0.1, 0.15) is 45.5 Å². The largest absolute Gasteiger partial charge is 0.465 e. The van der Waals surface area contributed by atoms with Crippen LogP contribution in [-0.4, -0.2) is 32.0 Å². The molecule has 1 aliphatic heterocycles. The van der Waals surface area contributed by atoms with Gasteiger partial charge >= 0.3 is 5.97 Å². The van der Waals surface area contributed by atoms with Crippen LogP contribution >= 0.6 is 0 Å². The lowest BCUT2D eigenvalue weighted by atomic mass is 10.1. The van der Waals surface area contributed by atoms with Crippen molar-refractivity contribution in [2.75, 3.05) is 25.1 Å². The summed E-state index contributed by atoms with van der Waals surface area (Å²) in [7, 11) is 1.35. The summed E-state index contributed by atoms with van der Waals surface area (Å²) in [4.78, 5) is 26.1. The quantitative estimate of drug-likeness (QED) is 0.457. The summed E-state index contributed by atoms with van der Waals surface area (Å²) >= 11 is 0. The van der Waals surface area contributed by atoms with Gasteiger partial charge in [0, 0.05) is 24.3 Å². The Morgan fingerprint density at radius 2 is 1.50 bits per heavy atom. The third-order valence-corrected chi connectivity index (χ3v) is 4.63. The Kier molecular flexibility index (Phi) is 5.84. The number of esters is 1. The van der Waals surface area contributed by atoms with E-state index in [4.69, 9.17) is 0 Å². The Morgan fingerprint density at radius 1 is 0.885 bits per heavy atom. The monoisotopic (exact) mass is 349 g/mol. The van der Waals surface area contributed by atoms with E-state index in [0.29, 0.717) is 11.1 Å². The number of nitrogens with zero attached hydrogens (tertiary/aromatic N) is 1. The molecule has 0 aromatic heterocycles. The molecule has 0 radical (unpaired) electrons. The van der Waals surface area contributed by atoms with Crippen LogP contribution in [0.2, 0.25) is 0 Å². The summed E-state index contributed by atoms with van der Waals surface area (Å²) in [6.45, 7) is 2.18. The number of allylic oxidation sites excluding steroid dienone is 1. The van der Waals surface area contributed by atoms with Gasteiger partial charge in [0.25, 0.3) is 0 Å². The maximum atomic E-state index is 12.4. The zero-order valence-electron chi connectivity index (χ0n) is 15.0. The number of anilines is 1. The van der Waals surface area contributed by atoms with Crippen LogP contribution in [0.25, 0.3) is 6.08 Å². The lowest BCUT2D eigenvalue weighted by molar-refractivity contribution is 0.0600. The zero-order valence-corrected chi connectivity index (χ0v) is 15.0. The van der Waals surface area contributed by atoms with Gasteiger partial charge in [-0.2, -0.15) is 0 Å². The molecule has 0 aliphatic carbocycles. The minimum absolute atomic E-state index is 0.0350. The predicted molar refractivity (Wildman–Crippen MR) is 104 cm³/mol. The maximum Gasteiger partial charge on any atom is 0.337 e. The normalized spacial score (nSPS) is 14.4. The molecule has 0 saturated carbocycles. The van der Waals surface area contributed by atoms with Gasteiger partial charge in [0.05, 0.1) is 12.7 Å². The number of hydrogen-bond acceptors (Lipinski definition) is 4. The number of methoxy groups -OCH3 is 1. The smallest absolute Gasteiger partial charge is 0.337 e. The summed E-state index contributed by atoms with van der Waals surface area (Å²) in [5, 5.41) is 0. The van der Waals surface area contributed by atoms with Gasteiger partial charge in [0.2, 0.25) is 0 Å². The van der Waals surface area contributed by atoms with Crippen LogP contribution in [0.15, 0.2) is 54.6 Å². The molecule has 0 spiro atoms. The molecule has 0 N–H and O–H groups in total. The number of ketones is 1. The first-order valence-electron chi connectivity index (χ1n) is 8.93. The van der Waals surface area contributed by atoms with Crippen LogP contribution in [0.4, 0.5) is 5.69 Å². The van der Waals surface area contributed by atoms with Crippen molar-refractivity contribution in [3.8, 4) is 0 Å². The lowest BCUT2D eigenvalue weighted by Gasteiger charge is -2.28. The molecule has 1 fully saturated rings. The predicted octanol–water partition coefficient (Wildman–Crippen LogP) is 4.36. The van der Waals surface area contributed by atoms with Crippen LogP contribution in [0.5, 0.6) is 0 Å². The molecule has 134 valence electrons. The van der Waals surface area contributed by atoms with Crippen molar-refractivity contribution in [1.29, 1.82) is 0 Å². The number of benzene rings is 2. The SMILES string of the molecule is COC(=O)c1ccc(/C=C/C(=O)c2ccc(N3CCCCC3)cc2)cc1. The third-order valence-electron chi connectivity index (χ3n) is 4.63. The first kappa shape index (κ1) is 17.9. The molecule has 0 atom stereocenters. The number of ether oxygens (including phenoxy) is 1. The molecule has 26 heavy (non-hydrogen) atoms. The average Bonchev–Trinajstić information content (AvgIpc) is 2.72. The highest BCUT2D eigenvalue weighted by molar-refractivity contribution is 6.07. The standard InChI is InChI=1S/C22H23NO3/c1-26-22(25)19-8-5-17(6-9-19)7-14-21(24)18-10-12-20(13-11-18)23-15-3-2-4-16-23/h5-14H,2-4,15-16H2,1H3/b14-7+. The Bertz CT molecular complexity index is 785. The maximum absolute atomic E-state index is 12.4. The summed E-state index contributed by atoms with van der Waals surface area (Å²) < 4.78 is 4.67. The third kappa shape index (κ3) is 4.39. The second-order valence-electron chi connectivity index (χ2n) is 6.41. The van der Waals surface area contributed by atoms with Crippen LogP contribution in [0, 0.1) is 0 Å². The summed E-state index contributed by atoms with van der Waals surface area (Å²) in [6.07, 6.45) is 7.08. The molecule has 2 aromatic carbocycles. The van der Waals surface area contributed by atoms with E-state index in [2.05, 4.69) is 9.64 Å². The van der Waals surface area contributed by atoms with Gasteiger partial charge in [-0.05, 0) is 67.3 Å². The molecule has 3 rings (SSSR count). The van der Waals surface area contributed by atoms with Gasteiger partial charge in [-0.1, -0.05) is 18.2 Å². The summed E-state index contributed by atoms with van der Waals surface area (Å²) in [5.41, 5.74) is 3.21. The zero-order chi connectivity index (χ0) is 18.4. The van der Waals surface area contributed by atoms with Gasteiger partial charge in [-0.3, -0.25) is 4.79 Å². The fraction of sp³-hybridized carbons (Fsp3) is 0.273. The van der Waals surface area contributed by atoms with Crippen molar-refractivity contribution in [2.45, 2.75) is 19.3 Å². The molecule has 0 bridgehead atoms. The number of hydrogen-bond donors (Lipinski definition) is 0. The van der Waals surface area contributed by atoms with Crippen molar-refractivity contribution in [1.82, 2.24) is 0 Å². The highest BCUT2D eigenvalue weighted by Crippen LogP contribution is 2.20. The molecule has 1 aliphatic rings. The van der Waals surface area contributed by atoms with Crippen molar-refractivity contribution >= 4 is 23.5 Å².